The summed E-state index contributed by atoms with van der Waals surface area (Å²) in [6.45, 7) is 7.36. The fraction of sp³-hybridized carbons (Fsp3) is 0.611. The Morgan fingerprint density at radius 3 is 2.62 bits per heavy atom. The van der Waals surface area contributed by atoms with Crippen LogP contribution in [0, 0.1) is 0 Å². The molecule has 0 radical (unpaired) electrons. The van der Waals surface area contributed by atoms with Gasteiger partial charge in [-0.15, -0.1) is 0 Å². The number of rotatable bonds is 5. The molecular weight excluding hydrogens is 304 g/mol. The molecule has 2 aliphatic rings. The second-order valence-electron chi connectivity index (χ2n) is 6.80. The Labute approximate surface area is 143 Å². The fourth-order valence-electron chi connectivity index (χ4n) is 3.48. The van der Waals surface area contributed by atoms with Gasteiger partial charge in [-0.05, 0) is 25.5 Å². The van der Waals surface area contributed by atoms with Crippen LogP contribution in [0.1, 0.15) is 13.3 Å². The van der Waals surface area contributed by atoms with Crippen molar-refractivity contribution in [2.45, 2.75) is 31.5 Å². The number of β-amino-alcohol motifs (C(OH)–C–C–N with tert-alkyl or cyclic N) is 1. The molecule has 0 aromatic heterocycles. The van der Waals surface area contributed by atoms with Gasteiger partial charge in [0, 0.05) is 51.0 Å². The summed E-state index contributed by atoms with van der Waals surface area (Å²) in [4.78, 5) is 16.9. The third-order valence-corrected chi connectivity index (χ3v) is 5.05. The van der Waals surface area contributed by atoms with Crippen LogP contribution in [0.2, 0.25) is 0 Å². The molecule has 1 amide bonds. The van der Waals surface area contributed by atoms with Crippen molar-refractivity contribution in [2.75, 3.05) is 44.2 Å². The van der Waals surface area contributed by atoms with Crippen LogP contribution in [-0.4, -0.2) is 73.4 Å². The van der Waals surface area contributed by atoms with Crippen LogP contribution >= 0.6 is 0 Å². The molecule has 1 aromatic carbocycles. The predicted molar refractivity (Wildman–Crippen MR) is 95.1 cm³/mol. The van der Waals surface area contributed by atoms with Crippen molar-refractivity contribution < 1.29 is 9.90 Å². The Morgan fingerprint density at radius 2 is 2.00 bits per heavy atom. The molecule has 6 nitrogen and oxygen atoms in total. The van der Waals surface area contributed by atoms with Crippen LogP contribution in [0.3, 0.4) is 0 Å². The molecule has 2 fully saturated rings. The normalized spacial score (nSPS) is 26.3. The van der Waals surface area contributed by atoms with Gasteiger partial charge in [-0.3, -0.25) is 9.69 Å². The maximum absolute atomic E-state index is 12.1. The molecule has 2 saturated heterocycles. The average Bonchev–Trinajstić information content (AvgIpc) is 3.07. The Bertz CT molecular complexity index is 531. The van der Waals surface area contributed by atoms with Gasteiger partial charge >= 0.3 is 0 Å². The Morgan fingerprint density at radius 1 is 1.29 bits per heavy atom. The number of piperazine rings is 1. The molecular formula is C18H28N4O2. The van der Waals surface area contributed by atoms with E-state index in [9.17, 15) is 9.90 Å². The average molecular weight is 332 g/mol. The van der Waals surface area contributed by atoms with Gasteiger partial charge in [-0.1, -0.05) is 18.2 Å². The van der Waals surface area contributed by atoms with Crippen LogP contribution in [-0.2, 0) is 4.79 Å². The molecule has 24 heavy (non-hydrogen) atoms. The summed E-state index contributed by atoms with van der Waals surface area (Å²) >= 11 is 0. The smallest absolute Gasteiger partial charge is 0.237 e. The molecule has 1 aromatic rings. The first-order valence-electron chi connectivity index (χ1n) is 8.86. The molecule has 3 N–H and O–H groups in total. The fourth-order valence-corrected chi connectivity index (χ4v) is 3.48. The molecule has 3 rings (SSSR count). The standard InChI is InChI=1S/C18H28N4O2/c1-14(12-20-18(24)17-11-16(23)13-19-17)21-7-9-22(10-8-21)15-5-3-2-4-6-15/h2-6,14,16-17,19,23H,7-13H2,1H3,(H,20,24). The van der Waals surface area contributed by atoms with E-state index in [1.165, 1.54) is 5.69 Å². The third-order valence-electron chi connectivity index (χ3n) is 5.05. The number of carbonyl (C=O) groups excluding carboxylic acids is 1. The quantitative estimate of drug-likeness (QED) is 0.710. The monoisotopic (exact) mass is 332 g/mol. The summed E-state index contributed by atoms with van der Waals surface area (Å²) < 4.78 is 0. The van der Waals surface area contributed by atoms with Gasteiger partial charge < -0.3 is 20.6 Å². The number of nitrogens with zero attached hydrogens (tertiary/aromatic N) is 2. The minimum absolute atomic E-state index is 0.00122. The molecule has 2 heterocycles. The first-order valence-corrected chi connectivity index (χ1v) is 8.86. The maximum atomic E-state index is 12.1. The van der Waals surface area contributed by atoms with Crippen LogP contribution < -0.4 is 15.5 Å². The van der Waals surface area contributed by atoms with Crippen LogP contribution in [0.15, 0.2) is 30.3 Å². The number of carbonyl (C=O) groups is 1. The van der Waals surface area contributed by atoms with Gasteiger partial charge in [0.15, 0.2) is 0 Å². The van der Waals surface area contributed by atoms with Gasteiger partial charge in [0.1, 0.15) is 0 Å². The first-order chi connectivity index (χ1) is 11.6. The van der Waals surface area contributed by atoms with Crippen LogP contribution in [0.4, 0.5) is 5.69 Å². The molecule has 132 valence electrons. The van der Waals surface area contributed by atoms with Crippen molar-refractivity contribution in [3.8, 4) is 0 Å². The Balaban J connectivity index is 1.40. The zero-order chi connectivity index (χ0) is 16.9. The molecule has 0 saturated carbocycles. The number of para-hydroxylation sites is 1. The topological polar surface area (TPSA) is 67.8 Å². The van der Waals surface area contributed by atoms with Gasteiger partial charge in [0.2, 0.25) is 5.91 Å². The highest BCUT2D eigenvalue weighted by Gasteiger charge is 2.28. The number of aliphatic hydroxyl groups excluding tert-OH is 1. The van der Waals surface area contributed by atoms with Crippen molar-refractivity contribution in [1.29, 1.82) is 0 Å². The number of anilines is 1. The summed E-state index contributed by atoms with van der Waals surface area (Å²) in [7, 11) is 0. The summed E-state index contributed by atoms with van der Waals surface area (Å²) in [6, 6.07) is 10.6. The lowest BCUT2D eigenvalue weighted by atomic mass is 10.1. The largest absolute Gasteiger partial charge is 0.392 e. The lowest BCUT2D eigenvalue weighted by molar-refractivity contribution is -0.123. The number of aliphatic hydroxyl groups is 1. The summed E-state index contributed by atoms with van der Waals surface area (Å²) in [5.41, 5.74) is 1.28. The van der Waals surface area contributed by atoms with Crippen molar-refractivity contribution in [1.82, 2.24) is 15.5 Å². The molecule has 3 atom stereocenters. The lowest BCUT2D eigenvalue weighted by Crippen LogP contribution is -2.53. The highest BCUT2D eigenvalue weighted by atomic mass is 16.3. The molecule has 6 heteroatoms. The summed E-state index contributed by atoms with van der Waals surface area (Å²) in [5.74, 6) is 0.00122. The van der Waals surface area contributed by atoms with E-state index in [4.69, 9.17) is 0 Å². The Kier molecular flexibility index (Phi) is 5.71. The Hall–Kier alpha value is -1.63. The van der Waals surface area contributed by atoms with Crippen LogP contribution in [0.25, 0.3) is 0 Å². The van der Waals surface area contributed by atoms with Gasteiger partial charge in [-0.25, -0.2) is 0 Å². The molecule has 0 bridgehead atoms. The number of benzene rings is 1. The number of amides is 1. The molecule has 2 aliphatic heterocycles. The second kappa shape index (κ2) is 7.96. The van der Waals surface area contributed by atoms with E-state index in [2.05, 4.69) is 51.6 Å². The first kappa shape index (κ1) is 17.2. The van der Waals surface area contributed by atoms with E-state index >= 15 is 0 Å². The van der Waals surface area contributed by atoms with Crippen molar-refractivity contribution in [3.63, 3.8) is 0 Å². The SMILES string of the molecule is CC(CNC(=O)C1CC(O)CN1)N1CCN(c2ccccc2)CC1. The highest BCUT2D eigenvalue weighted by molar-refractivity contribution is 5.82. The van der Waals surface area contributed by atoms with Crippen molar-refractivity contribution >= 4 is 11.6 Å². The maximum Gasteiger partial charge on any atom is 0.237 e. The van der Waals surface area contributed by atoms with Gasteiger partial charge in [0.25, 0.3) is 0 Å². The highest BCUT2D eigenvalue weighted by Crippen LogP contribution is 2.16. The van der Waals surface area contributed by atoms with Crippen LogP contribution in [0.5, 0.6) is 0 Å². The zero-order valence-electron chi connectivity index (χ0n) is 14.3. The zero-order valence-corrected chi connectivity index (χ0v) is 14.3. The van der Waals surface area contributed by atoms with E-state index in [1.807, 2.05) is 6.07 Å². The number of hydrogen-bond donors (Lipinski definition) is 3. The van der Waals surface area contributed by atoms with Crippen molar-refractivity contribution in [2.24, 2.45) is 0 Å². The van der Waals surface area contributed by atoms with Crippen molar-refractivity contribution in [3.05, 3.63) is 30.3 Å². The summed E-state index contributed by atoms with van der Waals surface area (Å²) in [5, 5.41) is 15.6. The van der Waals surface area contributed by atoms with Gasteiger partial charge in [-0.2, -0.15) is 0 Å². The second-order valence-corrected chi connectivity index (χ2v) is 6.80. The van der Waals surface area contributed by atoms with E-state index in [1.54, 1.807) is 0 Å². The summed E-state index contributed by atoms with van der Waals surface area (Å²) in [6.07, 6.45) is 0.111. The van der Waals surface area contributed by atoms with E-state index in [0.717, 1.165) is 26.2 Å². The number of nitrogens with one attached hydrogen (secondary N) is 2. The van der Waals surface area contributed by atoms with E-state index < -0.39 is 6.10 Å². The van der Waals surface area contributed by atoms with Gasteiger partial charge in [0.05, 0.1) is 12.1 Å². The molecule has 0 spiro atoms. The van der Waals surface area contributed by atoms with E-state index in [0.29, 0.717) is 25.6 Å². The minimum atomic E-state index is -0.399. The lowest BCUT2D eigenvalue weighted by Gasteiger charge is -2.39. The third kappa shape index (κ3) is 4.26. The van der Waals surface area contributed by atoms with E-state index in [-0.39, 0.29) is 11.9 Å². The predicted octanol–water partition coefficient (Wildman–Crippen LogP) is 0.0361. The molecule has 3 unspecified atom stereocenters. The molecule has 0 aliphatic carbocycles. The number of hydrogen-bond acceptors (Lipinski definition) is 5. The minimum Gasteiger partial charge on any atom is -0.392 e.